The van der Waals surface area contributed by atoms with Gasteiger partial charge in [-0.25, -0.2) is 8.78 Å². The Balaban J connectivity index is 1.69. The summed E-state index contributed by atoms with van der Waals surface area (Å²) in [4.78, 5) is 21.3. The minimum Gasteiger partial charge on any atom is -0.342 e. The maximum atomic E-state index is 14.1. The number of benzene rings is 1. The van der Waals surface area contributed by atoms with Crippen LogP contribution in [0, 0.1) is 11.6 Å². The summed E-state index contributed by atoms with van der Waals surface area (Å²) in [6.07, 6.45) is 2.07. The van der Waals surface area contributed by atoms with E-state index in [9.17, 15) is 13.6 Å². The van der Waals surface area contributed by atoms with Gasteiger partial charge in [-0.15, -0.1) is 0 Å². The van der Waals surface area contributed by atoms with Gasteiger partial charge in [0.1, 0.15) is 0 Å². The molecule has 0 bridgehead atoms. The van der Waals surface area contributed by atoms with Gasteiger partial charge in [-0.1, -0.05) is 15.9 Å². The van der Waals surface area contributed by atoms with Gasteiger partial charge in [0.2, 0.25) is 5.95 Å². The number of rotatable bonds is 2. The van der Waals surface area contributed by atoms with Crippen LogP contribution >= 0.6 is 15.9 Å². The van der Waals surface area contributed by atoms with E-state index in [1.165, 1.54) is 0 Å². The molecule has 0 radical (unpaired) electrons. The third-order valence-corrected chi connectivity index (χ3v) is 4.42. The fraction of sp³-hybridized carbons (Fsp3) is 0.286. The maximum absolute atomic E-state index is 14.1. The van der Waals surface area contributed by atoms with Gasteiger partial charge in [0, 0.05) is 17.6 Å². The van der Waals surface area contributed by atoms with E-state index in [2.05, 4.69) is 36.7 Å². The van der Waals surface area contributed by atoms with Crippen molar-refractivity contribution in [3.05, 3.63) is 38.6 Å². The van der Waals surface area contributed by atoms with Crippen LogP contribution in [0.15, 0.2) is 21.4 Å². The lowest BCUT2D eigenvalue weighted by atomic mass is 10.3. The van der Waals surface area contributed by atoms with Crippen LogP contribution in [0.5, 0.6) is 0 Å². The fourth-order valence-corrected chi connectivity index (χ4v) is 3.23. The van der Waals surface area contributed by atoms with Crippen molar-refractivity contribution in [2.24, 2.45) is 0 Å². The van der Waals surface area contributed by atoms with E-state index in [1.54, 1.807) is 0 Å². The zero-order chi connectivity index (χ0) is 16.8. The van der Waals surface area contributed by atoms with Crippen LogP contribution < -0.4 is 26.4 Å². The molecule has 1 fully saturated rings. The minimum absolute atomic E-state index is 0.111. The van der Waals surface area contributed by atoms with Crippen LogP contribution in [-0.4, -0.2) is 23.1 Å². The molecule has 2 aromatic rings. The molecule has 10 heteroatoms. The Morgan fingerprint density at radius 1 is 1.12 bits per heavy atom. The predicted molar refractivity (Wildman–Crippen MR) is 90.1 cm³/mol. The van der Waals surface area contributed by atoms with E-state index in [1.807, 2.05) is 4.90 Å². The highest BCUT2D eigenvalue weighted by molar-refractivity contribution is 9.10. The Morgan fingerprint density at radius 2 is 1.79 bits per heavy atom. The van der Waals surface area contributed by atoms with E-state index in [0.717, 1.165) is 43.2 Å². The fourth-order valence-electron chi connectivity index (χ4n) is 2.83. The van der Waals surface area contributed by atoms with Crippen LogP contribution in [0.2, 0.25) is 0 Å². The quantitative estimate of drug-likeness (QED) is 0.721. The Morgan fingerprint density at radius 3 is 2.46 bits per heavy atom. The molecule has 0 saturated carbocycles. The zero-order valence-corrected chi connectivity index (χ0v) is 14.0. The molecule has 1 saturated heterocycles. The van der Waals surface area contributed by atoms with Crippen molar-refractivity contribution in [2.45, 2.75) is 12.8 Å². The predicted octanol–water partition coefficient (Wildman–Crippen LogP) is 2.58. The summed E-state index contributed by atoms with van der Waals surface area (Å²) in [5, 5.41) is 1.01. The van der Waals surface area contributed by atoms with Crippen molar-refractivity contribution in [1.82, 2.24) is 9.97 Å². The number of hydrazine groups is 2. The molecule has 1 aromatic carbocycles. The van der Waals surface area contributed by atoms with Gasteiger partial charge in [0.15, 0.2) is 28.8 Å². The Labute approximate surface area is 143 Å². The molecule has 126 valence electrons. The lowest BCUT2D eigenvalue weighted by molar-refractivity contribution is 0.580. The minimum atomic E-state index is -0.786. The highest BCUT2D eigenvalue weighted by Crippen LogP contribution is 2.32. The summed E-state index contributed by atoms with van der Waals surface area (Å²) in [7, 11) is 0. The van der Waals surface area contributed by atoms with E-state index in [0.29, 0.717) is 5.95 Å². The normalized spacial score (nSPS) is 16.1. The lowest BCUT2D eigenvalue weighted by Crippen LogP contribution is -2.32. The number of hydrogen-bond donors (Lipinski definition) is 3. The third kappa shape index (κ3) is 2.46. The number of hydrogen-bond acceptors (Lipinski definition) is 6. The van der Waals surface area contributed by atoms with Crippen molar-refractivity contribution in [1.29, 1.82) is 0 Å². The number of H-pyrrole nitrogens is 1. The topological polar surface area (TPSA) is 76.3 Å². The molecule has 3 heterocycles. The van der Waals surface area contributed by atoms with Crippen LogP contribution in [0.3, 0.4) is 0 Å². The largest absolute Gasteiger partial charge is 0.342 e. The van der Waals surface area contributed by atoms with Gasteiger partial charge in [-0.3, -0.25) is 20.6 Å². The second-order valence-corrected chi connectivity index (χ2v) is 6.50. The average molecular weight is 399 g/mol. The van der Waals surface area contributed by atoms with E-state index >= 15 is 0 Å². The summed E-state index contributed by atoms with van der Waals surface area (Å²) < 4.78 is 28.5. The second kappa shape index (κ2) is 5.62. The number of nitrogens with zero attached hydrogens (tertiary/aromatic N) is 3. The van der Waals surface area contributed by atoms with Crippen LogP contribution in [0.1, 0.15) is 12.8 Å². The molecular formula is C14H13BrF2N6O. The highest BCUT2D eigenvalue weighted by Gasteiger charge is 2.29. The van der Waals surface area contributed by atoms with Gasteiger partial charge in [-0.05, 0) is 25.0 Å². The number of nitrogens with one attached hydrogen (secondary N) is 3. The van der Waals surface area contributed by atoms with Crippen molar-refractivity contribution in [3.63, 3.8) is 0 Å². The molecular weight excluding hydrogens is 386 g/mol. The van der Waals surface area contributed by atoms with Crippen LogP contribution in [-0.2, 0) is 0 Å². The maximum Gasteiger partial charge on any atom is 0.279 e. The standard InChI is InChI=1S/C14H13BrF2N6O/c15-7-5-8(16)11(9(17)6-7)23-20-10-12(21-23)18-14(19-13(10)24)22-3-1-2-4-22/h5-6,20H,1-4H2,(H2,18,19,21,24). The third-order valence-electron chi connectivity index (χ3n) is 3.96. The van der Waals surface area contributed by atoms with Crippen molar-refractivity contribution >= 4 is 39.1 Å². The summed E-state index contributed by atoms with van der Waals surface area (Å²) >= 11 is 3.03. The monoisotopic (exact) mass is 398 g/mol. The van der Waals surface area contributed by atoms with Crippen molar-refractivity contribution < 1.29 is 8.78 Å². The van der Waals surface area contributed by atoms with Gasteiger partial charge < -0.3 is 4.90 Å². The number of fused-ring (bicyclic) bond motifs is 1. The summed E-state index contributed by atoms with van der Waals surface area (Å²) in [5.41, 5.74) is 4.72. The van der Waals surface area contributed by atoms with E-state index < -0.39 is 17.2 Å². The van der Waals surface area contributed by atoms with Crippen molar-refractivity contribution in [2.75, 3.05) is 34.0 Å². The molecule has 1 aromatic heterocycles. The van der Waals surface area contributed by atoms with Gasteiger partial charge >= 0.3 is 0 Å². The lowest BCUT2D eigenvalue weighted by Gasteiger charge is -2.19. The molecule has 0 amide bonds. The van der Waals surface area contributed by atoms with Gasteiger partial charge in [0.25, 0.3) is 5.56 Å². The summed E-state index contributed by atoms with van der Waals surface area (Å²) in [6.45, 7) is 1.63. The number of aromatic amines is 1. The van der Waals surface area contributed by atoms with E-state index in [4.69, 9.17) is 0 Å². The average Bonchev–Trinajstić information content (AvgIpc) is 3.14. The van der Waals surface area contributed by atoms with Crippen molar-refractivity contribution in [3.8, 4) is 0 Å². The van der Waals surface area contributed by atoms with E-state index in [-0.39, 0.29) is 21.7 Å². The number of aromatic nitrogens is 2. The number of halogens is 3. The van der Waals surface area contributed by atoms with Gasteiger partial charge in [0.05, 0.1) is 0 Å². The molecule has 0 spiro atoms. The Bertz CT molecular complexity index is 844. The zero-order valence-electron chi connectivity index (χ0n) is 12.4. The smallest absolute Gasteiger partial charge is 0.279 e. The first-order valence-corrected chi connectivity index (χ1v) is 8.19. The molecule has 7 nitrogen and oxygen atoms in total. The first-order valence-electron chi connectivity index (χ1n) is 7.40. The first-order chi connectivity index (χ1) is 11.5. The molecule has 0 unspecified atom stereocenters. The Hall–Kier alpha value is -2.36. The molecule has 0 aliphatic carbocycles. The number of anilines is 4. The van der Waals surface area contributed by atoms with Crippen LogP contribution in [0.25, 0.3) is 0 Å². The highest BCUT2D eigenvalue weighted by atomic mass is 79.9. The molecule has 4 rings (SSSR count). The Kier molecular flexibility index (Phi) is 3.56. The summed E-state index contributed by atoms with van der Waals surface area (Å²) in [6, 6.07) is 2.27. The van der Waals surface area contributed by atoms with Crippen LogP contribution in [0.4, 0.5) is 31.9 Å². The summed E-state index contributed by atoms with van der Waals surface area (Å²) in [5.74, 6) is -0.900. The van der Waals surface area contributed by atoms with Gasteiger partial charge in [-0.2, -0.15) is 10.1 Å². The molecule has 2 aliphatic rings. The molecule has 3 N–H and O–H groups in total. The molecule has 24 heavy (non-hydrogen) atoms. The SMILES string of the molecule is O=c1[nH]c(N2CCCC2)nc2c1NN(c1c(F)cc(Br)cc1F)N2. The second-order valence-electron chi connectivity index (χ2n) is 5.58. The molecule has 0 atom stereocenters. The first kappa shape index (κ1) is 15.2. The molecule has 2 aliphatic heterocycles.